The lowest BCUT2D eigenvalue weighted by Gasteiger charge is -2.20. The third kappa shape index (κ3) is 2.84. The van der Waals surface area contributed by atoms with Gasteiger partial charge < -0.3 is 19.8 Å². The molecule has 2 heterocycles. The summed E-state index contributed by atoms with van der Waals surface area (Å²) < 4.78 is 12.5. The molecule has 0 aliphatic heterocycles. The second kappa shape index (κ2) is 5.67. The number of ether oxygens (including phenoxy) is 2. The number of benzene rings is 1. The number of fused-ring (bicyclic) bond motifs is 3. The first-order chi connectivity index (χ1) is 11.3. The lowest BCUT2D eigenvalue weighted by atomic mass is 10.2. The summed E-state index contributed by atoms with van der Waals surface area (Å²) >= 11 is 0. The van der Waals surface area contributed by atoms with Crippen LogP contribution in [-0.4, -0.2) is 33.2 Å². The standard InChI is InChI=1S/C17H20N4O3/c1-17(2,3)24-13(22)8-21-12-6-5-10(23-4)7-11(12)14-15(18)19-9-20-16(14)21/h5-7,9H,8H2,1-4H3,(H2,18,19,20). The van der Waals surface area contributed by atoms with E-state index in [2.05, 4.69) is 9.97 Å². The number of nitrogens with two attached hydrogens (primary N) is 1. The molecule has 24 heavy (non-hydrogen) atoms. The molecule has 1 aromatic carbocycles. The number of nitrogen functional groups attached to an aromatic ring is 1. The molecule has 0 unspecified atom stereocenters. The molecule has 0 radical (unpaired) electrons. The van der Waals surface area contributed by atoms with Crippen LogP contribution in [0.25, 0.3) is 21.9 Å². The number of hydrogen-bond acceptors (Lipinski definition) is 6. The Morgan fingerprint density at radius 2 is 2.04 bits per heavy atom. The highest BCUT2D eigenvalue weighted by Crippen LogP contribution is 2.33. The molecule has 0 aliphatic carbocycles. The molecular formula is C17H20N4O3. The molecule has 3 aromatic rings. The molecule has 0 fully saturated rings. The fraction of sp³-hybridized carbons (Fsp3) is 0.353. The van der Waals surface area contributed by atoms with Gasteiger partial charge in [-0.2, -0.15) is 0 Å². The number of methoxy groups -OCH3 is 1. The molecule has 0 atom stereocenters. The lowest BCUT2D eigenvalue weighted by Crippen LogP contribution is -2.26. The molecule has 3 rings (SSSR count). The first-order valence-electron chi connectivity index (χ1n) is 7.58. The van der Waals surface area contributed by atoms with Crippen LogP contribution in [0.4, 0.5) is 5.82 Å². The monoisotopic (exact) mass is 328 g/mol. The minimum absolute atomic E-state index is 0.0417. The molecule has 0 aliphatic rings. The van der Waals surface area contributed by atoms with Crippen molar-refractivity contribution in [1.29, 1.82) is 0 Å². The first kappa shape index (κ1) is 16.0. The van der Waals surface area contributed by atoms with Crippen molar-refractivity contribution in [2.45, 2.75) is 32.9 Å². The summed E-state index contributed by atoms with van der Waals surface area (Å²) in [6.07, 6.45) is 1.39. The van der Waals surface area contributed by atoms with E-state index in [1.54, 1.807) is 11.7 Å². The summed E-state index contributed by atoms with van der Waals surface area (Å²) in [4.78, 5) is 20.6. The Bertz CT molecular complexity index is 925. The number of carbonyl (C=O) groups is 1. The number of aromatic nitrogens is 3. The average molecular weight is 328 g/mol. The second-order valence-corrected chi connectivity index (χ2v) is 6.51. The van der Waals surface area contributed by atoms with Crippen LogP contribution in [0, 0.1) is 0 Å². The van der Waals surface area contributed by atoms with E-state index in [4.69, 9.17) is 15.2 Å². The van der Waals surface area contributed by atoms with E-state index in [0.717, 1.165) is 10.9 Å². The molecule has 126 valence electrons. The normalized spacial score (nSPS) is 11.8. The van der Waals surface area contributed by atoms with Gasteiger partial charge in [-0.3, -0.25) is 4.79 Å². The number of carbonyl (C=O) groups excluding carboxylic acids is 1. The van der Waals surface area contributed by atoms with E-state index in [-0.39, 0.29) is 12.5 Å². The molecule has 0 saturated heterocycles. The number of rotatable bonds is 3. The quantitative estimate of drug-likeness (QED) is 0.743. The topological polar surface area (TPSA) is 92.3 Å². The Hall–Kier alpha value is -2.83. The second-order valence-electron chi connectivity index (χ2n) is 6.51. The van der Waals surface area contributed by atoms with Gasteiger partial charge in [-0.05, 0) is 39.0 Å². The van der Waals surface area contributed by atoms with Crippen LogP contribution in [0.3, 0.4) is 0 Å². The smallest absolute Gasteiger partial charge is 0.326 e. The molecule has 0 saturated carbocycles. The van der Waals surface area contributed by atoms with Crippen molar-refractivity contribution in [2.75, 3.05) is 12.8 Å². The molecule has 7 heteroatoms. The van der Waals surface area contributed by atoms with Crippen LogP contribution < -0.4 is 10.5 Å². The van der Waals surface area contributed by atoms with Gasteiger partial charge in [-0.1, -0.05) is 0 Å². The van der Waals surface area contributed by atoms with Gasteiger partial charge in [0.05, 0.1) is 18.0 Å². The van der Waals surface area contributed by atoms with Gasteiger partial charge >= 0.3 is 5.97 Å². The van der Waals surface area contributed by atoms with Gasteiger partial charge in [0.25, 0.3) is 0 Å². The van der Waals surface area contributed by atoms with Gasteiger partial charge in [-0.25, -0.2) is 9.97 Å². The summed E-state index contributed by atoms with van der Waals surface area (Å²) in [5.41, 5.74) is 6.91. The highest BCUT2D eigenvalue weighted by atomic mass is 16.6. The maximum atomic E-state index is 12.3. The number of esters is 1. The van der Waals surface area contributed by atoms with Crippen LogP contribution in [0.15, 0.2) is 24.5 Å². The molecule has 0 bridgehead atoms. The lowest BCUT2D eigenvalue weighted by molar-refractivity contribution is -0.155. The van der Waals surface area contributed by atoms with Gasteiger partial charge in [0.1, 0.15) is 35.7 Å². The number of anilines is 1. The minimum atomic E-state index is -0.549. The third-order valence-electron chi connectivity index (χ3n) is 3.58. The zero-order chi connectivity index (χ0) is 17.5. The Balaban J connectivity index is 2.19. The van der Waals surface area contributed by atoms with E-state index in [9.17, 15) is 4.79 Å². The predicted octanol–water partition coefficient (Wildman–Crippen LogP) is 2.52. The van der Waals surface area contributed by atoms with Crippen LogP contribution in [0.2, 0.25) is 0 Å². The van der Waals surface area contributed by atoms with Crippen LogP contribution >= 0.6 is 0 Å². The number of nitrogens with zero attached hydrogens (tertiary/aromatic N) is 3. The molecule has 7 nitrogen and oxygen atoms in total. The molecule has 0 amide bonds. The molecule has 2 aromatic heterocycles. The number of hydrogen-bond donors (Lipinski definition) is 1. The Morgan fingerprint density at radius 3 is 2.71 bits per heavy atom. The van der Waals surface area contributed by atoms with Crippen LogP contribution in [0.5, 0.6) is 5.75 Å². The van der Waals surface area contributed by atoms with Gasteiger partial charge in [0.2, 0.25) is 0 Å². The Labute approximate surface area is 139 Å². The van der Waals surface area contributed by atoms with Gasteiger partial charge in [0, 0.05) is 5.39 Å². The summed E-state index contributed by atoms with van der Waals surface area (Å²) in [5.74, 6) is 0.720. The molecule has 0 spiro atoms. The van der Waals surface area contributed by atoms with Crippen LogP contribution in [-0.2, 0) is 16.1 Å². The van der Waals surface area contributed by atoms with E-state index < -0.39 is 5.60 Å². The first-order valence-corrected chi connectivity index (χ1v) is 7.58. The van der Waals surface area contributed by atoms with Crippen molar-refractivity contribution < 1.29 is 14.3 Å². The van der Waals surface area contributed by atoms with Crippen molar-refractivity contribution in [1.82, 2.24) is 14.5 Å². The fourth-order valence-corrected chi connectivity index (χ4v) is 2.71. The van der Waals surface area contributed by atoms with E-state index in [1.807, 2.05) is 39.0 Å². The maximum Gasteiger partial charge on any atom is 0.326 e. The van der Waals surface area contributed by atoms with E-state index in [0.29, 0.717) is 22.6 Å². The maximum absolute atomic E-state index is 12.3. The highest BCUT2D eigenvalue weighted by molar-refractivity contribution is 6.12. The Kier molecular flexibility index (Phi) is 3.79. The summed E-state index contributed by atoms with van der Waals surface area (Å²) in [5, 5.41) is 1.54. The predicted molar refractivity (Wildman–Crippen MR) is 91.8 cm³/mol. The van der Waals surface area contributed by atoms with Crippen molar-refractivity contribution in [3.8, 4) is 5.75 Å². The minimum Gasteiger partial charge on any atom is -0.497 e. The fourth-order valence-electron chi connectivity index (χ4n) is 2.71. The van der Waals surface area contributed by atoms with Crippen molar-refractivity contribution in [3.05, 3.63) is 24.5 Å². The van der Waals surface area contributed by atoms with Gasteiger partial charge in [0.15, 0.2) is 0 Å². The van der Waals surface area contributed by atoms with Gasteiger partial charge in [-0.15, -0.1) is 0 Å². The largest absolute Gasteiger partial charge is 0.497 e. The summed E-state index contributed by atoms with van der Waals surface area (Å²) in [6.45, 7) is 5.55. The van der Waals surface area contributed by atoms with Crippen LogP contribution in [0.1, 0.15) is 20.8 Å². The summed E-state index contributed by atoms with van der Waals surface area (Å²) in [7, 11) is 1.60. The van der Waals surface area contributed by atoms with Crippen molar-refractivity contribution in [2.24, 2.45) is 0 Å². The highest BCUT2D eigenvalue weighted by Gasteiger charge is 2.21. The zero-order valence-electron chi connectivity index (χ0n) is 14.2. The molecule has 2 N–H and O–H groups in total. The van der Waals surface area contributed by atoms with E-state index >= 15 is 0 Å². The van der Waals surface area contributed by atoms with Crippen molar-refractivity contribution in [3.63, 3.8) is 0 Å². The zero-order valence-corrected chi connectivity index (χ0v) is 14.2. The summed E-state index contributed by atoms with van der Waals surface area (Å²) in [6, 6.07) is 5.57. The average Bonchev–Trinajstić information content (AvgIpc) is 2.80. The van der Waals surface area contributed by atoms with E-state index in [1.165, 1.54) is 6.33 Å². The van der Waals surface area contributed by atoms with Crippen molar-refractivity contribution >= 4 is 33.7 Å². The molecular weight excluding hydrogens is 308 g/mol. The SMILES string of the molecule is COc1ccc2c(c1)c1c(N)ncnc1n2CC(=O)OC(C)(C)C. The Morgan fingerprint density at radius 1 is 1.29 bits per heavy atom. The third-order valence-corrected chi connectivity index (χ3v) is 3.58.